The van der Waals surface area contributed by atoms with Gasteiger partial charge < -0.3 is 24.2 Å². The summed E-state index contributed by atoms with van der Waals surface area (Å²) < 4.78 is 16.6. The second-order valence-electron chi connectivity index (χ2n) is 11.6. The maximum atomic E-state index is 9.14. The Kier molecular flexibility index (Phi) is 9.38. The predicted molar refractivity (Wildman–Crippen MR) is 180 cm³/mol. The number of ether oxygens (including phenoxy) is 2. The molecule has 2 aliphatic carbocycles. The number of hydrogen-bond donors (Lipinski definition) is 2. The van der Waals surface area contributed by atoms with Gasteiger partial charge in [0.1, 0.15) is 17.2 Å². The zero-order chi connectivity index (χ0) is 29.8. The van der Waals surface area contributed by atoms with Crippen molar-refractivity contribution in [3.63, 3.8) is 0 Å². The van der Waals surface area contributed by atoms with Gasteiger partial charge in [0.2, 0.25) is 0 Å². The fourth-order valence-electron chi connectivity index (χ4n) is 7.09. The molecule has 7 rings (SSSR count). The Bertz CT molecular complexity index is 1660. The monoisotopic (exact) mass is 594 g/mol. The van der Waals surface area contributed by atoms with Crippen LogP contribution in [0.2, 0.25) is 0 Å². The van der Waals surface area contributed by atoms with Crippen LogP contribution in [0.3, 0.4) is 0 Å². The van der Waals surface area contributed by atoms with Crippen molar-refractivity contribution in [1.82, 2.24) is 0 Å². The smallest absolute Gasteiger partial charge is 0.511 e. The summed E-state index contributed by atoms with van der Waals surface area (Å²) in [7, 11) is 1.61. The van der Waals surface area contributed by atoms with E-state index in [4.69, 9.17) is 24.2 Å². The summed E-state index contributed by atoms with van der Waals surface area (Å²) in [6.45, 7) is 0. The molecule has 0 amide bonds. The van der Waals surface area contributed by atoms with Crippen LogP contribution in [0.15, 0.2) is 84.9 Å². The molecule has 0 saturated heterocycles. The molecule has 0 bridgehead atoms. The van der Waals surface area contributed by atoms with Crippen molar-refractivity contribution in [2.45, 2.75) is 62.7 Å². The Hall–Kier alpha value is -3.31. The average molecular weight is 594 g/mol. The van der Waals surface area contributed by atoms with Gasteiger partial charge in [-0.15, -0.1) is 0 Å². The highest BCUT2D eigenvalue weighted by molar-refractivity contribution is 7.67. The fraction of sp³-hybridized carbons (Fsp3) is 0.333. The van der Waals surface area contributed by atoms with E-state index >= 15 is 0 Å². The molecular weight excluding hydrogens is 554 g/mol. The molecule has 0 unspecified atom stereocenters. The van der Waals surface area contributed by atoms with Crippen molar-refractivity contribution in [2.75, 3.05) is 14.2 Å². The standard InChI is InChI=1S/C18H13BO3.C18H27O2P/c20-19(21)22-17-7-3-6-12-8-9-15-10-13-4-1-2-5-14(13)11-16(15)18(12)17;1-19-16-12-7-13-17(20-2)18(16)21(14-8-3-4-9-14)15-10-5-6-11-15/h1-11,20-21H;7,12-15H,3-6,8-11H2,1-2H3. The molecule has 43 heavy (non-hydrogen) atoms. The topological polar surface area (TPSA) is 68.2 Å². The third-order valence-corrected chi connectivity index (χ3v) is 12.6. The first kappa shape index (κ1) is 29.8. The van der Waals surface area contributed by atoms with E-state index in [1.807, 2.05) is 30.3 Å². The SMILES string of the molecule is COc1cccc(OC)c1P(C1CCCC1)C1CCCC1.OB(O)Oc1cccc2ccc3cc4ccccc4cc3c12. The number of methoxy groups -OCH3 is 2. The first-order valence-corrected chi connectivity index (χ1v) is 16.9. The van der Waals surface area contributed by atoms with Crippen molar-refractivity contribution < 1.29 is 24.2 Å². The highest BCUT2D eigenvalue weighted by atomic mass is 31.1. The summed E-state index contributed by atoms with van der Waals surface area (Å²) in [5.41, 5.74) is 1.77. The van der Waals surface area contributed by atoms with Crippen molar-refractivity contribution in [2.24, 2.45) is 0 Å². The van der Waals surface area contributed by atoms with E-state index in [1.165, 1.54) is 62.1 Å². The first-order chi connectivity index (χ1) is 21.1. The Morgan fingerprint density at radius 2 is 1.12 bits per heavy atom. The highest BCUT2D eigenvalue weighted by Gasteiger charge is 2.37. The van der Waals surface area contributed by atoms with Gasteiger partial charge in [0.15, 0.2) is 0 Å². The van der Waals surface area contributed by atoms with Gasteiger partial charge in [-0.3, -0.25) is 0 Å². The van der Waals surface area contributed by atoms with Crippen LogP contribution in [0.25, 0.3) is 32.3 Å². The van der Waals surface area contributed by atoms with E-state index in [-0.39, 0.29) is 7.92 Å². The lowest BCUT2D eigenvalue weighted by atomic mass is 9.97. The summed E-state index contributed by atoms with van der Waals surface area (Å²) >= 11 is 0. The molecule has 222 valence electrons. The number of hydrogen-bond acceptors (Lipinski definition) is 5. The van der Waals surface area contributed by atoms with Crippen molar-refractivity contribution in [3.8, 4) is 17.2 Å². The molecule has 0 heterocycles. The molecule has 7 heteroatoms. The zero-order valence-electron chi connectivity index (χ0n) is 25.0. The largest absolute Gasteiger partial charge is 0.707 e. The predicted octanol–water partition coefficient (Wildman–Crippen LogP) is 8.19. The van der Waals surface area contributed by atoms with Crippen molar-refractivity contribution in [1.29, 1.82) is 0 Å². The van der Waals surface area contributed by atoms with Crippen molar-refractivity contribution in [3.05, 3.63) is 84.9 Å². The van der Waals surface area contributed by atoms with E-state index in [1.54, 1.807) is 20.3 Å². The molecule has 0 atom stereocenters. The van der Waals surface area contributed by atoms with Crippen LogP contribution in [-0.2, 0) is 0 Å². The lowest BCUT2D eigenvalue weighted by molar-refractivity contribution is 0.289. The van der Waals surface area contributed by atoms with Crippen molar-refractivity contribution >= 4 is 52.9 Å². The van der Waals surface area contributed by atoms with Gasteiger partial charge in [-0.1, -0.05) is 88.2 Å². The first-order valence-electron chi connectivity index (χ1n) is 15.4. The number of fused-ring (bicyclic) bond motifs is 4. The van der Waals surface area contributed by atoms with Gasteiger partial charge in [-0.2, -0.15) is 0 Å². The third kappa shape index (κ3) is 6.33. The molecule has 0 aliphatic heterocycles. The third-order valence-electron chi connectivity index (χ3n) is 9.02. The lowest BCUT2D eigenvalue weighted by Crippen LogP contribution is -2.22. The second-order valence-corrected chi connectivity index (χ2v) is 14.3. The molecule has 2 aliphatic rings. The summed E-state index contributed by atoms with van der Waals surface area (Å²) in [6.07, 6.45) is 11.3. The normalized spacial score (nSPS) is 15.7. The Morgan fingerprint density at radius 1 is 0.605 bits per heavy atom. The van der Waals surface area contributed by atoms with Crippen LogP contribution < -0.4 is 19.4 Å². The molecule has 0 aromatic heterocycles. The van der Waals surface area contributed by atoms with Gasteiger partial charge in [-0.25, -0.2) is 0 Å². The molecule has 5 aromatic rings. The number of rotatable bonds is 7. The Morgan fingerprint density at radius 3 is 1.70 bits per heavy atom. The summed E-state index contributed by atoms with van der Waals surface area (Å²) in [6, 6.07) is 28.4. The van der Waals surface area contributed by atoms with Crippen LogP contribution in [0.1, 0.15) is 51.4 Å². The van der Waals surface area contributed by atoms with Crippen LogP contribution in [0, 0.1) is 0 Å². The average Bonchev–Trinajstić information content (AvgIpc) is 3.76. The fourth-order valence-corrected chi connectivity index (χ4v) is 11.1. The van der Waals surface area contributed by atoms with Gasteiger partial charge in [0, 0.05) is 5.39 Å². The van der Waals surface area contributed by atoms with Gasteiger partial charge in [0.25, 0.3) is 0 Å². The minimum atomic E-state index is -1.83. The summed E-state index contributed by atoms with van der Waals surface area (Å²) in [5.74, 6) is 2.58. The molecule has 2 fully saturated rings. The lowest BCUT2D eigenvalue weighted by Gasteiger charge is -2.32. The van der Waals surface area contributed by atoms with E-state index in [0.29, 0.717) is 5.75 Å². The highest BCUT2D eigenvalue weighted by Crippen LogP contribution is 2.58. The van der Waals surface area contributed by atoms with Gasteiger partial charge >= 0.3 is 7.32 Å². The number of benzene rings is 5. The van der Waals surface area contributed by atoms with Crippen LogP contribution in [0.5, 0.6) is 17.2 Å². The Labute approximate surface area is 255 Å². The van der Waals surface area contributed by atoms with Crippen LogP contribution in [-0.4, -0.2) is 42.9 Å². The van der Waals surface area contributed by atoms with Crippen LogP contribution >= 0.6 is 7.92 Å². The van der Waals surface area contributed by atoms with Gasteiger partial charge in [-0.05, 0) is 94.3 Å². The van der Waals surface area contributed by atoms with E-state index in [2.05, 4.69) is 48.5 Å². The maximum absolute atomic E-state index is 9.14. The molecule has 5 aromatic carbocycles. The molecule has 0 radical (unpaired) electrons. The zero-order valence-corrected chi connectivity index (χ0v) is 25.9. The minimum absolute atomic E-state index is 0.161. The van der Waals surface area contributed by atoms with Crippen LogP contribution in [0.4, 0.5) is 0 Å². The van der Waals surface area contributed by atoms with E-state index < -0.39 is 7.32 Å². The summed E-state index contributed by atoms with van der Waals surface area (Å²) in [5, 5.41) is 26.0. The quantitative estimate of drug-likeness (QED) is 0.0861. The molecule has 5 nitrogen and oxygen atoms in total. The van der Waals surface area contributed by atoms with Gasteiger partial charge in [0.05, 0.1) is 19.5 Å². The molecular formula is C36H40BO5P. The van der Waals surface area contributed by atoms with E-state index in [9.17, 15) is 0 Å². The molecule has 2 N–H and O–H groups in total. The summed E-state index contributed by atoms with van der Waals surface area (Å²) in [4.78, 5) is 0. The Balaban J connectivity index is 0.000000153. The maximum Gasteiger partial charge on any atom is 0.707 e. The van der Waals surface area contributed by atoms with E-state index in [0.717, 1.165) is 49.7 Å². The second kappa shape index (κ2) is 13.6. The molecule has 0 spiro atoms. The minimum Gasteiger partial charge on any atom is -0.511 e. The molecule has 2 saturated carbocycles.